The molecule has 4 aliphatic carbocycles. The zero-order valence-corrected chi connectivity index (χ0v) is 61.4. The molecule has 0 bridgehead atoms. The molecule has 1 fully saturated rings. The molecule has 3 nitrogen and oxygen atoms in total. The van der Waals surface area contributed by atoms with Gasteiger partial charge in [-0.15, -0.1) is 0 Å². The van der Waals surface area contributed by atoms with E-state index < -0.39 is 0 Å². The summed E-state index contributed by atoms with van der Waals surface area (Å²) in [6, 6.07) is 43.2. The van der Waals surface area contributed by atoms with E-state index in [9.17, 15) is 4.79 Å². The third kappa shape index (κ3) is 14.6. The van der Waals surface area contributed by atoms with Gasteiger partial charge in [-0.05, 0) is 167 Å². The lowest BCUT2D eigenvalue weighted by Crippen LogP contribution is -2.42. The molecular formula is C86H130O3. The first-order valence-electron chi connectivity index (χ1n) is 36.1. The number of rotatable bonds is 12. The summed E-state index contributed by atoms with van der Waals surface area (Å²) in [6.45, 7) is 57.8. The van der Waals surface area contributed by atoms with E-state index in [1.165, 1.54) is 74.5 Å². The van der Waals surface area contributed by atoms with Gasteiger partial charge in [-0.25, -0.2) is 0 Å². The molecule has 2 heterocycles. The number of hydrogen-bond acceptors (Lipinski definition) is 3. The minimum absolute atomic E-state index is 0.0493. The first kappa shape index (κ1) is 73.4. The summed E-state index contributed by atoms with van der Waals surface area (Å²) in [5, 5.41) is 0. The fraction of sp³-hybridized carbons (Fsp3) is 0.640. The number of para-hydroxylation sites is 2. The van der Waals surface area contributed by atoms with Gasteiger partial charge in [0.15, 0.2) is 5.78 Å². The Labute approximate surface area is 547 Å². The summed E-state index contributed by atoms with van der Waals surface area (Å²) in [4.78, 5) is 12.1. The van der Waals surface area contributed by atoms with Gasteiger partial charge in [-0.3, -0.25) is 4.79 Å². The van der Waals surface area contributed by atoms with Crippen molar-refractivity contribution in [1.29, 1.82) is 0 Å². The fourth-order valence-corrected chi connectivity index (χ4v) is 19.2. The van der Waals surface area contributed by atoms with Gasteiger partial charge < -0.3 is 9.47 Å². The lowest BCUT2D eigenvalue weighted by Gasteiger charge is -2.45. The zero-order chi connectivity index (χ0) is 66.0. The van der Waals surface area contributed by atoms with Crippen LogP contribution in [0.4, 0.5) is 0 Å². The summed E-state index contributed by atoms with van der Waals surface area (Å²) in [6.07, 6.45) is 14.3. The number of Topliss-reactive ketones (excluding diaryl/α,β-unsaturated/α-hetero) is 1. The monoisotopic (exact) mass is 1210 g/mol. The highest BCUT2D eigenvalue weighted by atomic mass is 16.5. The van der Waals surface area contributed by atoms with Crippen molar-refractivity contribution >= 4 is 5.78 Å². The molecule has 492 valence electrons. The van der Waals surface area contributed by atoms with Crippen molar-refractivity contribution in [3.05, 3.63) is 166 Å². The second kappa shape index (κ2) is 30.9. The van der Waals surface area contributed by atoms with Crippen LogP contribution in [-0.2, 0) is 40.9 Å². The Balaban J connectivity index is 0.000000171. The molecule has 0 N–H and O–H groups in total. The van der Waals surface area contributed by atoms with Gasteiger partial charge in [0, 0.05) is 44.8 Å². The quantitative estimate of drug-likeness (QED) is 0.125. The molecule has 0 unspecified atom stereocenters. The molecule has 11 rings (SSSR count). The molecule has 0 radical (unpaired) electrons. The average Bonchev–Trinajstić information content (AvgIpc) is 1.82. The van der Waals surface area contributed by atoms with Crippen LogP contribution in [0.3, 0.4) is 0 Å². The van der Waals surface area contributed by atoms with E-state index in [2.05, 4.69) is 275 Å². The van der Waals surface area contributed by atoms with Crippen molar-refractivity contribution in [3.8, 4) is 11.5 Å². The molecule has 0 saturated heterocycles. The van der Waals surface area contributed by atoms with Crippen molar-refractivity contribution in [3.63, 3.8) is 0 Å². The van der Waals surface area contributed by atoms with E-state index in [-0.39, 0.29) is 16.2 Å². The van der Waals surface area contributed by atoms with E-state index in [1.807, 2.05) is 12.1 Å². The molecule has 0 atom stereocenters. The van der Waals surface area contributed by atoms with Crippen LogP contribution in [0.25, 0.3) is 0 Å². The molecule has 89 heavy (non-hydrogen) atoms. The molecule has 5 aromatic carbocycles. The van der Waals surface area contributed by atoms with Gasteiger partial charge in [0.2, 0.25) is 0 Å². The SMILES string of the molecule is CC(C)C1(C(C)C)CC(=O)c2ccccc21.CC(C)C1(C(C)C)CCCCC1.CC(C)C1(C(C)C)CCOc2ccccc21.CC(C)C1(C(C)C)CCc2ccccc21.CC(C)C1(C(C)C)COc2ccccc21.CC(C)C1(C(C)C)Cc2ccccc2C1. The normalized spacial score (nSPS) is 19.0. The van der Waals surface area contributed by atoms with Crippen molar-refractivity contribution < 1.29 is 14.3 Å². The van der Waals surface area contributed by atoms with Crippen molar-refractivity contribution in [2.24, 2.45) is 81.8 Å². The molecule has 0 aromatic heterocycles. The van der Waals surface area contributed by atoms with Crippen LogP contribution < -0.4 is 9.47 Å². The van der Waals surface area contributed by atoms with Gasteiger partial charge in [0.1, 0.15) is 11.5 Å². The van der Waals surface area contributed by atoms with Crippen LogP contribution in [0.15, 0.2) is 121 Å². The summed E-state index contributed by atoms with van der Waals surface area (Å²) in [7, 11) is 0. The number of ether oxygens (including phenoxy) is 2. The minimum atomic E-state index is 0.0493. The van der Waals surface area contributed by atoms with Gasteiger partial charge in [-0.2, -0.15) is 0 Å². The number of carbonyl (C=O) groups excluding carboxylic acids is 1. The number of fused-ring (bicyclic) bond motifs is 5. The Morgan fingerprint density at radius 1 is 0.303 bits per heavy atom. The highest BCUT2D eigenvalue weighted by Crippen LogP contribution is 2.54. The standard InChI is InChI=1S/C15H22O.C15H20O.2C15H22.C14H20O.C12H24/c1-11(2)15(12(3)4)9-10-16-14-8-6-5-7-13(14)15;1-10(2)15(11(3)4)9-14(16)12-7-5-6-8-13(12)15;1-11(2)15(12(3)4)9-13-7-5-6-8-14(13)10-15;1-11(2)15(12(3)4)10-9-13-7-5-6-8-14(13)15;1-10(2)14(11(3)4)9-15-13-8-6-5-7-12(13)14;1-10(2)12(11(3)4)8-6-5-7-9-12/h5-8,11-12H,9-10H2,1-4H3;5-8,10-11H,9H2,1-4H3;2*5-8,11-12H,9-10H2,1-4H3;5-8,10-11H,9H2,1-4H3;10-11H,5-9H2,1-4H3. The van der Waals surface area contributed by atoms with E-state index in [0.717, 1.165) is 72.2 Å². The summed E-state index contributed by atoms with van der Waals surface area (Å²) in [5.41, 5.74) is 13.5. The summed E-state index contributed by atoms with van der Waals surface area (Å²) < 4.78 is 11.6. The van der Waals surface area contributed by atoms with E-state index in [1.54, 1.807) is 22.3 Å². The minimum Gasteiger partial charge on any atom is -0.493 e. The molecule has 1 saturated carbocycles. The lowest BCUT2D eigenvalue weighted by atomic mass is 9.61. The maximum atomic E-state index is 12.1. The fourth-order valence-electron chi connectivity index (χ4n) is 19.2. The topological polar surface area (TPSA) is 35.5 Å². The lowest BCUT2D eigenvalue weighted by molar-refractivity contribution is 0.0587. The van der Waals surface area contributed by atoms with Gasteiger partial charge >= 0.3 is 0 Å². The number of aryl methyl sites for hydroxylation is 1. The molecule has 0 spiro atoms. The number of hydrogen-bond donors (Lipinski definition) is 0. The molecule has 2 aliphatic heterocycles. The smallest absolute Gasteiger partial charge is 0.164 e. The maximum absolute atomic E-state index is 12.1. The van der Waals surface area contributed by atoms with Crippen LogP contribution >= 0.6 is 0 Å². The Morgan fingerprint density at radius 2 is 0.663 bits per heavy atom. The molecule has 3 heteroatoms. The van der Waals surface area contributed by atoms with E-state index in [0.29, 0.717) is 64.0 Å². The Morgan fingerprint density at radius 3 is 1.09 bits per heavy atom. The Bertz CT molecular complexity index is 2830. The molecule has 6 aliphatic rings. The van der Waals surface area contributed by atoms with Crippen molar-refractivity contribution in [1.82, 2.24) is 0 Å². The van der Waals surface area contributed by atoms with E-state index >= 15 is 0 Å². The predicted molar refractivity (Wildman–Crippen MR) is 385 cm³/mol. The van der Waals surface area contributed by atoms with Crippen LogP contribution in [0.2, 0.25) is 0 Å². The van der Waals surface area contributed by atoms with Crippen LogP contribution in [0.5, 0.6) is 11.5 Å². The molecule has 5 aromatic rings. The third-order valence-electron chi connectivity index (χ3n) is 25.3. The van der Waals surface area contributed by atoms with Gasteiger partial charge in [0.25, 0.3) is 0 Å². The number of benzene rings is 5. The average molecular weight is 1210 g/mol. The highest BCUT2D eigenvalue weighted by molar-refractivity contribution is 6.02. The van der Waals surface area contributed by atoms with Gasteiger partial charge in [-0.1, -0.05) is 295 Å². The van der Waals surface area contributed by atoms with Crippen LogP contribution in [0, 0.1) is 81.8 Å². The first-order chi connectivity index (χ1) is 41.9. The van der Waals surface area contributed by atoms with Crippen LogP contribution in [0.1, 0.15) is 267 Å². The maximum Gasteiger partial charge on any atom is 0.164 e. The van der Waals surface area contributed by atoms with Crippen LogP contribution in [-0.4, -0.2) is 19.0 Å². The summed E-state index contributed by atoms with van der Waals surface area (Å²) >= 11 is 0. The second-order valence-electron chi connectivity index (χ2n) is 32.3. The number of ketones is 1. The largest absolute Gasteiger partial charge is 0.493 e. The van der Waals surface area contributed by atoms with Crippen molar-refractivity contribution in [2.45, 2.75) is 258 Å². The predicted octanol–water partition coefficient (Wildman–Crippen LogP) is 24.0. The molecule has 0 amide bonds. The zero-order valence-electron chi connectivity index (χ0n) is 61.4. The first-order valence-corrected chi connectivity index (χ1v) is 36.1. The number of carbonyl (C=O) groups is 1. The second-order valence-corrected chi connectivity index (χ2v) is 32.3. The third-order valence-corrected chi connectivity index (χ3v) is 25.3. The Hall–Kier alpha value is -4.63. The molecular weight excluding hydrogens is 1080 g/mol. The highest BCUT2D eigenvalue weighted by Gasteiger charge is 2.49. The van der Waals surface area contributed by atoms with Gasteiger partial charge in [0.05, 0.1) is 13.2 Å². The summed E-state index contributed by atoms with van der Waals surface area (Å²) in [5.74, 6) is 10.8. The van der Waals surface area contributed by atoms with Crippen molar-refractivity contribution in [2.75, 3.05) is 13.2 Å². The Kier molecular flexibility index (Phi) is 25.5. The van der Waals surface area contributed by atoms with E-state index in [4.69, 9.17) is 9.47 Å².